The van der Waals surface area contributed by atoms with Gasteiger partial charge in [0, 0.05) is 12.8 Å². The van der Waals surface area contributed by atoms with Crippen LogP contribution in [0.15, 0.2) is 9.98 Å². The highest BCUT2D eigenvalue weighted by Gasteiger charge is 2.12. The summed E-state index contributed by atoms with van der Waals surface area (Å²) in [5.74, 6) is 1.54. The van der Waals surface area contributed by atoms with Crippen LogP contribution < -0.4 is 0 Å². The van der Waals surface area contributed by atoms with Crippen molar-refractivity contribution in [2.75, 3.05) is 13.1 Å². The van der Waals surface area contributed by atoms with Crippen molar-refractivity contribution in [2.24, 2.45) is 21.8 Å². The van der Waals surface area contributed by atoms with Gasteiger partial charge in [0.15, 0.2) is 0 Å². The van der Waals surface area contributed by atoms with Crippen molar-refractivity contribution in [3.63, 3.8) is 0 Å². The number of aliphatic hydroxyl groups is 1. The zero-order valence-electron chi connectivity index (χ0n) is 14.1. The monoisotopic (exact) mass is 306 g/mol. The van der Waals surface area contributed by atoms with E-state index >= 15 is 0 Å². The predicted molar refractivity (Wildman–Crippen MR) is 95.1 cm³/mol. The predicted octanol–water partition coefficient (Wildman–Crippen LogP) is 4.43. The Balaban J connectivity index is 1.49. The van der Waals surface area contributed by atoms with Gasteiger partial charge in [-0.25, -0.2) is 0 Å². The zero-order valence-corrected chi connectivity index (χ0v) is 14.1. The molecule has 3 heteroatoms. The Kier molecular flexibility index (Phi) is 8.77. The Morgan fingerprint density at radius 2 is 1.59 bits per heavy atom. The Hall–Kier alpha value is -0.700. The molecule has 2 fully saturated rings. The van der Waals surface area contributed by atoms with Crippen LogP contribution in [-0.4, -0.2) is 36.7 Å². The molecule has 0 bridgehead atoms. The molecule has 0 aromatic rings. The van der Waals surface area contributed by atoms with Crippen molar-refractivity contribution >= 4 is 12.4 Å². The highest BCUT2D eigenvalue weighted by Crippen LogP contribution is 2.25. The molecule has 0 aromatic heterocycles. The Bertz CT molecular complexity index is 328. The van der Waals surface area contributed by atoms with E-state index < -0.39 is 0 Å². The summed E-state index contributed by atoms with van der Waals surface area (Å²) in [7, 11) is 0. The molecule has 3 nitrogen and oxygen atoms in total. The maximum atomic E-state index is 9.94. The van der Waals surface area contributed by atoms with Gasteiger partial charge in [-0.2, -0.15) is 0 Å². The number of nitrogens with zero attached hydrogens (tertiary/aromatic N) is 2. The van der Waals surface area contributed by atoms with E-state index in [9.17, 15) is 5.11 Å². The lowest BCUT2D eigenvalue weighted by Gasteiger charge is -2.19. The summed E-state index contributed by atoms with van der Waals surface area (Å²) in [6.45, 7) is 1.29. The molecule has 126 valence electrons. The minimum Gasteiger partial charge on any atom is -0.391 e. The third kappa shape index (κ3) is 7.53. The smallest absolute Gasteiger partial charge is 0.0752 e. The quantitative estimate of drug-likeness (QED) is 0.662. The average Bonchev–Trinajstić information content (AvgIpc) is 2.57. The fraction of sp³-hybridized carbons (Fsp3) is 0.895. The molecule has 0 heterocycles. The van der Waals surface area contributed by atoms with Gasteiger partial charge < -0.3 is 5.11 Å². The second kappa shape index (κ2) is 10.9. The van der Waals surface area contributed by atoms with Crippen molar-refractivity contribution in [2.45, 2.75) is 83.2 Å². The largest absolute Gasteiger partial charge is 0.391 e. The molecule has 2 saturated carbocycles. The summed E-state index contributed by atoms with van der Waals surface area (Å²) >= 11 is 0. The zero-order chi connectivity index (χ0) is 15.5. The highest BCUT2D eigenvalue weighted by molar-refractivity contribution is 5.60. The Labute approximate surface area is 136 Å². The molecule has 2 aliphatic carbocycles. The lowest BCUT2D eigenvalue weighted by atomic mass is 9.87. The molecule has 1 unspecified atom stereocenters. The second-order valence-electron chi connectivity index (χ2n) is 7.18. The normalized spacial score (nSPS) is 23.5. The molecule has 0 radical (unpaired) electrons. The Morgan fingerprint density at radius 3 is 2.32 bits per heavy atom. The van der Waals surface area contributed by atoms with Gasteiger partial charge in [0.05, 0.1) is 12.6 Å². The maximum absolute atomic E-state index is 9.94. The first-order valence-electron chi connectivity index (χ1n) is 9.51. The summed E-state index contributed by atoms with van der Waals surface area (Å²) in [5, 5.41) is 9.94. The van der Waals surface area contributed by atoms with Crippen LogP contribution in [0, 0.1) is 11.8 Å². The molecule has 0 spiro atoms. The number of hydrogen-bond donors (Lipinski definition) is 1. The Morgan fingerprint density at radius 1 is 0.909 bits per heavy atom. The lowest BCUT2D eigenvalue weighted by Crippen LogP contribution is -2.13. The van der Waals surface area contributed by atoms with Gasteiger partial charge in [0.2, 0.25) is 0 Å². The van der Waals surface area contributed by atoms with Crippen LogP contribution in [0.25, 0.3) is 0 Å². The third-order valence-electron chi connectivity index (χ3n) is 5.17. The molecular formula is C19H34N2O. The van der Waals surface area contributed by atoms with Gasteiger partial charge in [0.25, 0.3) is 0 Å². The highest BCUT2D eigenvalue weighted by atomic mass is 16.3. The van der Waals surface area contributed by atoms with Crippen molar-refractivity contribution in [3.8, 4) is 0 Å². The first-order valence-corrected chi connectivity index (χ1v) is 9.51. The van der Waals surface area contributed by atoms with Crippen LogP contribution in [0.2, 0.25) is 0 Å². The van der Waals surface area contributed by atoms with Gasteiger partial charge >= 0.3 is 0 Å². The van der Waals surface area contributed by atoms with Crippen molar-refractivity contribution < 1.29 is 5.11 Å². The van der Waals surface area contributed by atoms with E-state index in [1.54, 1.807) is 0 Å². The van der Waals surface area contributed by atoms with E-state index in [2.05, 4.69) is 16.2 Å². The van der Waals surface area contributed by atoms with Crippen LogP contribution in [0.5, 0.6) is 0 Å². The number of aliphatic imine (C=N–C) groups is 2. The van der Waals surface area contributed by atoms with Gasteiger partial charge in [-0.05, 0) is 43.7 Å². The third-order valence-corrected chi connectivity index (χ3v) is 5.17. The minimum atomic E-state index is -0.328. The molecule has 1 atom stereocenters. The van der Waals surface area contributed by atoms with E-state index in [0.29, 0.717) is 12.5 Å². The first-order chi connectivity index (χ1) is 10.8. The molecule has 1 N–H and O–H groups in total. The van der Waals surface area contributed by atoms with E-state index in [0.717, 1.165) is 25.3 Å². The maximum Gasteiger partial charge on any atom is 0.0752 e. The van der Waals surface area contributed by atoms with Gasteiger partial charge in [0.1, 0.15) is 0 Å². The van der Waals surface area contributed by atoms with Crippen LogP contribution >= 0.6 is 0 Å². The van der Waals surface area contributed by atoms with Crippen molar-refractivity contribution in [1.29, 1.82) is 0 Å². The van der Waals surface area contributed by atoms with Crippen LogP contribution in [0.3, 0.4) is 0 Å². The molecule has 0 amide bonds. The first kappa shape index (κ1) is 17.7. The molecule has 22 heavy (non-hydrogen) atoms. The lowest BCUT2D eigenvalue weighted by molar-refractivity contribution is 0.176. The van der Waals surface area contributed by atoms with Crippen molar-refractivity contribution in [3.05, 3.63) is 0 Å². The SMILES string of the molecule is OC(CC/N=C/C1CCCCC1)C/N=C/CC1CCCCC1. The van der Waals surface area contributed by atoms with E-state index in [1.807, 2.05) is 6.21 Å². The summed E-state index contributed by atoms with van der Waals surface area (Å²) in [6, 6.07) is 0. The summed E-state index contributed by atoms with van der Waals surface area (Å²) < 4.78 is 0. The minimum absolute atomic E-state index is 0.328. The molecule has 2 aliphatic rings. The fourth-order valence-corrected chi connectivity index (χ4v) is 3.66. The standard InChI is InChI=1S/C19H34N2O/c22-19(12-14-20-15-18-9-5-2-6-10-18)16-21-13-11-17-7-3-1-4-8-17/h13,15,17-19,22H,1-12,14,16H2/b20-15+,21-13+. The van der Waals surface area contributed by atoms with Crippen LogP contribution in [0.4, 0.5) is 0 Å². The number of hydrogen-bond acceptors (Lipinski definition) is 3. The van der Waals surface area contributed by atoms with Gasteiger partial charge in [-0.15, -0.1) is 0 Å². The topological polar surface area (TPSA) is 45.0 Å². The molecule has 0 aliphatic heterocycles. The summed E-state index contributed by atoms with van der Waals surface area (Å²) in [5.41, 5.74) is 0. The average molecular weight is 306 g/mol. The van der Waals surface area contributed by atoms with E-state index in [-0.39, 0.29) is 6.10 Å². The fourth-order valence-electron chi connectivity index (χ4n) is 3.66. The number of rotatable bonds is 8. The van der Waals surface area contributed by atoms with E-state index in [1.165, 1.54) is 64.2 Å². The van der Waals surface area contributed by atoms with Gasteiger partial charge in [-0.3, -0.25) is 9.98 Å². The van der Waals surface area contributed by atoms with Gasteiger partial charge in [-0.1, -0.05) is 51.4 Å². The summed E-state index contributed by atoms with van der Waals surface area (Å²) in [6.07, 6.45) is 19.3. The van der Waals surface area contributed by atoms with Crippen LogP contribution in [0.1, 0.15) is 77.0 Å². The molecule has 2 rings (SSSR count). The van der Waals surface area contributed by atoms with Crippen LogP contribution in [-0.2, 0) is 0 Å². The molecular weight excluding hydrogens is 272 g/mol. The second-order valence-corrected chi connectivity index (χ2v) is 7.18. The molecule has 0 aromatic carbocycles. The number of aliphatic hydroxyl groups excluding tert-OH is 1. The molecule has 0 saturated heterocycles. The van der Waals surface area contributed by atoms with Crippen molar-refractivity contribution in [1.82, 2.24) is 0 Å². The van der Waals surface area contributed by atoms with E-state index in [4.69, 9.17) is 0 Å². The summed E-state index contributed by atoms with van der Waals surface area (Å²) in [4.78, 5) is 8.91.